The number of hydrogen-bond acceptors (Lipinski definition) is 3. The highest BCUT2D eigenvalue weighted by molar-refractivity contribution is 5.74. The maximum Gasteiger partial charge on any atom is 0.315 e. The summed E-state index contributed by atoms with van der Waals surface area (Å²) in [5.74, 6) is 1.11. The number of urea groups is 1. The number of amides is 2. The van der Waals surface area contributed by atoms with Crippen molar-refractivity contribution in [3.05, 3.63) is 59.4 Å². The van der Waals surface area contributed by atoms with Crippen molar-refractivity contribution in [2.24, 2.45) is 0 Å². The molecule has 2 aromatic rings. The number of hydrogen-bond donors (Lipinski definition) is 2. The normalized spacial score (nSPS) is 14.0. The molecule has 138 valence electrons. The Kier molecular flexibility index (Phi) is 5.02. The lowest BCUT2D eigenvalue weighted by atomic mass is 9.84. The van der Waals surface area contributed by atoms with Crippen LogP contribution in [0.5, 0.6) is 11.5 Å². The van der Waals surface area contributed by atoms with Crippen LogP contribution in [0.25, 0.3) is 0 Å². The van der Waals surface area contributed by atoms with Gasteiger partial charge >= 0.3 is 6.03 Å². The van der Waals surface area contributed by atoms with E-state index in [1.807, 2.05) is 39.0 Å². The first kappa shape index (κ1) is 18.0. The number of rotatable bonds is 5. The van der Waals surface area contributed by atoms with Gasteiger partial charge in [-0.1, -0.05) is 38.1 Å². The van der Waals surface area contributed by atoms with Gasteiger partial charge in [-0.05, 0) is 36.2 Å². The molecule has 2 aromatic carbocycles. The molecule has 0 radical (unpaired) electrons. The molecule has 1 aliphatic heterocycles. The van der Waals surface area contributed by atoms with Crippen molar-refractivity contribution in [2.75, 3.05) is 13.3 Å². The Morgan fingerprint density at radius 1 is 1.19 bits per heavy atom. The Bertz CT molecular complexity index is 807. The number of halogens is 1. The molecular formula is C20H23FN2O3. The molecule has 5 nitrogen and oxygen atoms in total. The predicted molar refractivity (Wildman–Crippen MR) is 96.9 cm³/mol. The molecule has 1 unspecified atom stereocenters. The summed E-state index contributed by atoms with van der Waals surface area (Å²) in [4.78, 5) is 12.3. The smallest absolute Gasteiger partial charge is 0.315 e. The van der Waals surface area contributed by atoms with Gasteiger partial charge in [0.1, 0.15) is 5.82 Å². The Labute approximate surface area is 152 Å². The molecule has 3 rings (SSSR count). The minimum absolute atomic E-state index is 0.207. The maximum absolute atomic E-state index is 14.0. The number of ether oxygens (including phenoxy) is 2. The molecule has 2 amide bonds. The van der Waals surface area contributed by atoms with E-state index in [1.165, 1.54) is 6.07 Å². The topological polar surface area (TPSA) is 59.6 Å². The van der Waals surface area contributed by atoms with Crippen molar-refractivity contribution in [1.29, 1.82) is 0 Å². The minimum atomic E-state index is -0.523. The summed E-state index contributed by atoms with van der Waals surface area (Å²) in [6.07, 6.45) is 0. The lowest BCUT2D eigenvalue weighted by Gasteiger charge is -2.26. The third kappa shape index (κ3) is 3.90. The van der Waals surface area contributed by atoms with Crippen LogP contribution in [0.15, 0.2) is 42.5 Å². The summed E-state index contributed by atoms with van der Waals surface area (Å²) in [6, 6.07) is 11.7. The van der Waals surface area contributed by atoms with Crippen molar-refractivity contribution >= 4 is 6.03 Å². The first-order valence-corrected chi connectivity index (χ1v) is 8.56. The average Bonchev–Trinajstić information content (AvgIpc) is 3.08. The molecule has 0 spiro atoms. The highest BCUT2D eigenvalue weighted by atomic mass is 19.1. The van der Waals surface area contributed by atoms with Crippen molar-refractivity contribution in [2.45, 2.75) is 32.2 Å². The average molecular weight is 358 g/mol. The van der Waals surface area contributed by atoms with Gasteiger partial charge in [-0.2, -0.15) is 0 Å². The lowest BCUT2D eigenvalue weighted by Crippen LogP contribution is -2.43. The van der Waals surface area contributed by atoms with Crippen molar-refractivity contribution < 1.29 is 18.7 Å². The third-order valence-electron chi connectivity index (χ3n) is 4.54. The standard InChI is InChI=1S/C20H23FN2O3/c1-13(14-8-9-17-18(10-14)26-12-25-17)23-19(24)22-11-20(2,3)15-6-4-5-7-16(15)21/h4-10,13H,11-12H2,1-3H3,(H2,22,23,24). The quantitative estimate of drug-likeness (QED) is 0.852. The van der Waals surface area contributed by atoms with Crippen LogP contribution in [0.4, 0.5) is 9.18 Å². The van der Waals surface area contributed by atoms with Gasteiger partial charge in [0, 0.05) is 12.0 Å². The van der Waals surface area contributed by atoms with Crippen LogP contribution in [0.1, 0.15) is 37.9 Å². The molecule has 0 aromatic heterocycles. The van der Waals surface area contributed by atoms with E-state index in [-0.39, 0.29) is 24.7 Å². The van der Waals surface area contributed by atoms with Crippen LogP contribution >= 0.6 is 0 Å². The summed E-state index contributed by atoms with van der Waals surface area (Å²) in [5.41, 5.74) is 0.965. The molecule has 0 aliphatic carbocycles. The van der Waals surface area contributed by atoms with Crippen molar-refractivity contribution in [3.8, 4) is 11.5 Å². The first-order valence-electron chi connectivity index (χ1n) is 8.56. The van der Waals surface area contributed by atoms with Gasteiger partial charge in [0.15, 0.2) is 11.5 Å². The van der Waals surface area contributed by atoms with E-state index < -0.39 is 5.41 Å². The number of benzene rings is 2. The summed E-state index contributed by atoms with van der Waals surface area (Å²) < 4.78 is 24.6. The second-order valence-electron chi connectivity index (χ2n) is 7.03. The molecule has 0 bridgehead atoms. The van der Waals surface area contributed by atoms with E-state index in [4.69, 9.17) is 9.47 Å². The maximum atomic E-state index is 14.0. The monoisotopic (exact) mass is 358 g/mol. The third-order valence-corrected chi connectivity index (χ3v) is 4.54. The Hall–Kier alpha value is -2.76. The van der Waals surface area contributed by atoms with Crippen LogP contribution in [0.3, 0.4) is 0 Å². The van der Waals surface area contributed by atoms with Crippen LogP contribution in [-0.2, 0) is 5.41 Å². The molecule has 2 N–H and O–H groups in total. The van der Waals surface area contributed by atoms with E-state index in [0.29, 0.717) is 23.6 Å². The van der Waals surface area contributed by atoms with E-state index >= 15 is 0 Å². The second-order valence-corrected chi connectivity index (χ2v) is 7.03. The summed E-state index contributed by atoms with van der Waals surface area (Å²) >= 11 is 0. The van der Waals surface area contributed by atoms with Gasteiger partial charge in [0.2, 0.25) is 6.79 Å². The predicted octanol–water partition coefficient (Wildman–Crippen LogP) is 3.89. The molecule has 1 aliphatic rings. The lowest BCUT2D eigenvalue weighted by molar-refractivity contribution is 0.174. The van der Waals surface area contributed by atoms with E-state index in [1.54, 1.807) is 18.2 Å². The SMILES string of the molecule is CC(NC(=O)NCC(C)(C)c1ccccc1F)c1ccc2c(c1)OCO2. The Morgan fingerprint density at radius 3 is 2.69 bits per heavy atom. The number of fused-ring (bicyclic) bond motifs is 1. The van der Waals surface area contributed by atoms with Gasteiger partial charge in [-0.25, -0.2) is 9.18 Å². The van der Waals surface area contributed by atoms with E-state index in [9.17, 15) is 9.18 Å². The zero-order chi connectivity index (χ0) is 18.7. The molecule has 0 fully saturated rings. The zero-order valence-corrected chi connectivity index (χ0v) is 15.1. The second kappa shape index (κ2) is 7.23. The number of nitrogens with one attached hydrogen (secondary N) is 2. The first-order chi connectivity index (χ1) is 12.4. The minimum Gasteiger partial charge on any atom is -0.454 e. The van der Waals surface area contributed by atoms with Crippen LogP contribution in [-0.4, -0.2) is 19.4 Å². The van der Waals surface area contributed by atoms with E-state index in [0.717, 1.165) is 5.56 Å². The number of carbonyl (C=O) groups excluding carboxylic acids is 1. The molecule has 1 atom stereocenters. The van der Waals surface area contributed by atoms with Crippen molar-refractivity contribution in [3.63, 3.8) is 0 Å². The molecule has 6 heteroatoms. The number of carbonyl (C=O) groups is 1. The molecule has 0 saturated heterocycles. The van der Waals surface area contributed by atoms with Gasteiger partial charge in [0.25, 0.3) is 0 Å². The van der Waals surface area contributed by atoms with Gasteiger partial charge in [0.05, 0.1) is 6.04 Å². The Balaban J connectivity index is 1.58. The largest absolute Gasteiger partial charge is 0.454 e. The van der Waals surface area contributed by atoms with Gasteiger partial charge in [-0.15, -0.1) is 0 Å². The van der Waals surface area contributed by atoms with Gasteiger partial charge in [-0.3, -0.25) is 0 Å². The van der Waals surface area contributed by atoms with Crippen LogP contribution < -0.4 is 20.1 Å². The fourth-order valence-corrected chi connectivity index (χ4v) is 2.92. The van der Waals surface area contributed by atoms with Crippen LogP contribution in [0.2, 0.25) is 0 Å². The highest BCUT2D eigenvalue weighted by Gasteiger charge is 2.25. The molecular weight excluding hydrogens is 335 g/mol. The summed E-state index contributed by atoms with van der Waals surface area (Å²) in [5, 5.41) is 5.71. The van der Waals surface area contributed by atoms with Gasteiger partial charge < -0.3 is 20.1 Å². The molecule has 0 saturated carbocycles. The summed E-state index contributed by atoms with van der Waals surface area (Å²) in [7, 11) is 0. The summed E-state index contributed by atoms with van der Waals surface area (Å²) in [6.45, 7) is 6.21. The highest BCUT2D eigenvalue weighted by Crippen LogP contribution is 2.34. The van der Waals surface area contributed by atoms with Crippen molar-refractivity contribution in [1.82, 2.24) is 10.6 Å². The zero-order valence-electron chi connectivity index (χ0n) is 15.1. The fraction of sp³-hybridized carbons (Fsp3) is 0.350. The van der Waals surface area contributed by atoms with E-state index in [2.05, 4.69) is 10.6 Å². The fourth-order valence-electron chi connectivity index (χ4n) is 2.92. The molecule has 1 heterocycles. The van der Waals surface area contributed by atoms with Crippen LogP contribution in [0, 0.1) is 5.82 Å². The molecule has 26 heavy (non-hydrogen) atoms. The Morgan fingerprint density at radius 2 is 1.92 bits per heavy atom.